The van der Waals surface area contributed by atoms with E-state index in [0.29, 0.717) is 6.04 Å². The van der Waals surface area contributed by atoms with Crippen molar-refractivity contribution in [2.24, 2.45) is 0 Å². The lowest BCUT2D eigenvalue weighted by Crippen LogP contribution is -2.32. The van der Waals surface area contributed by atoms with E-state index in [2.05, 4.69) is 42.4 Å². The largest absolute Gasteiger partial charge is 0.496 e. The highest BCUT2D eigenvalue weighted by molar-refractivity contribution is 5.85. The molecule has 4 heteroatoms. The fourth-order valence-electron chi connectivity index (χ4n) is 2.82. The molecule has 1 atom stereocenters. The van der Waals surface area contributed by atoms with E-state index in [9.17, 15) is 0 Å². The molecule has 20 heavy (non-hydrogen) atoms. The second-order valence-electron chi connectivity index (χ2n) is 5.55. The van der Waals surface area contributed by atoms with Crippen LogP contribution in [0.4, 0.5) is 0 Å². The van der Waals surface area contributed by atoms with E-state index < -0.39 is 0 Å². The molecule has 0 amide bonds. The third kappa shape index (κ3) is 4.65. The van der Waals surface area contributed by atoms with E-state index in [0.717, 1.165) is 18.8 Å². The van der Waals surface area contributed by atoms with Gasteiger partial charge in [-0.1, -0.05) is 12.1 Å². The Morgan fingerprint density at radius 1 is 1.30 bits per heavy atom. The van der Waals surface area contributed by atoms with E-state index in [4.69, 9.17) is 4.74 Å². The zero-order valence-electron chi connectivity index (χ0n) is 12.8. The van der Waals surface area contributed by atoms with Gasteiger partial charge in [0.2, 0.25) is 0 Å². The molecule has 1 heterocycles. The lowest BCUT2D eigenvalue weighted by atomic mass is 10.1. The third-order valence-corrected chi connectivity index (χ3v) is 4.07. The van der Waals surface area contributed by atoms with Gasteiger partial charge in [-0.25, -0.2) is 0 Å². The van der Waals surface area contributed by atoms with Crippen LogP contribution in [0.2, 0.25) is 0 Å². The molecule has 0 aromatic heterocycles. The summed E-state index contributed by atoms with van der Waals surface area (Å²) in [6.45, 7) is 5.40. The summed E-state index contributed by atoms with van der Waals surface area (Å²) in [6.07, 6.45) is 3.83. The first-order valence-electron chi connectivity index (χ1n) is 7.25. The van der Waals surface area contributed by atoms with Gasteiger partial charge in [0.25, 0.3) is 0 Å². The van der Waals surface area contributed by atoms with Crippen molar-refractivity contribution >= 4 is 12.4 Å². The first-order chi connectivity index (χ1) is 9.20. The number of benzene rings is 1. The highest BCUT2D eigenvalue weighted by Crippen LogP contribution is 2.21. The Balaban J connectivity index is 0.00000200. The topological polar surface area (TPSA) is 24.5 Å². The van der Waals surface area contributed by atoms with E-state index in [-0.39, 0.29) is 12.4 Å². The molecule has 1 aliphatic heterocycles. The zero-order valence-corrected chi connectivity index (χ0v) is 13.6. The fraction of sp³-hybridized carbons (Fsp3) is 0.625. The van der Waals surface area contributed by atoms with Crippen molar-refractivity contribution in [2.75, 3.05) is 27.2 Å². The summed E-state index contributed by atoms with van der Waals surface area (Å²) in [7, 11) is 3.98. The number of hydrogen-bond donors (Lipinski definition) is 1. The van der Waals surface area contributed by atoms with Crippen LogP contribution >= 0.6 is 12.4 Å². The number of nitrogens with zero attached hydrogens (tertiary/aromatic N) is 1. The predicted octanol–water partition coefficient (Wildman–Crippen LogP) is 3.00. The molecule has 1 unspecified atom stereocenters. The summed E-state index contributed by atoms with van der Waals surface area (Å²) in [5.41, 5.74) is 2.54. The highest BCUT2D eigenvalue weighted by Gasteiger charge is 2.17. The van der Waals surface area contributed by atoms with Crippen LogP contribution in [0.5, 0.6) is 5.75 Å². The third-order valence-electron chi connectivity index (χ3n) is 4.07. The normalized spacial score (nSPS) is 19.3. The van der Waals surface area contributed by atoms with Gasteiger partial charge in [-0.2, -0.15) is 0 Å². The van der Waals surface area contributed by atoms with Crippen LogP contribution in [-0.2, 0) is 6.54 Å². The van der Waals surface area contributed by atoms with Crippen molar-refractivity contribution in [1.82, 2.24) is 10.2 Å². The summed E-state index contributed by atoms with van der Waals surface area (Å²) in [6, 6.07) is 7.23. The average Bonchev–Trinajstić information content (AvgIpc) is 2.70. The Hall–Kier alpha value is -0.770. The minimum absolute atomic E-state index is 0. The van der Waals surface area contributed by atoms with Gasteiger partial charge >= 0.3 is 0 Å². The van der Waals surface area contributed by atoms with Crippen molar-refractivity contribution in [3.63, 3.8) is 0 Å². The molecular weight excluding hydrogens is 272 g/mol. The first kappa shape index (κ1) is 17.3. The number of ether oxygens (including phenoxy) is 1. The van der Waals surface area contributed by atoms with E-state index in [1.807, 2.05) is 0 Å². The van der Waals surface area contributed by atoms with Gasteiger partial charge in [0.15, 0.2) is 0 Å². The Kier molecular flexibility index (Phi) is 7.35. The number of rotatable bonds is 4. The first-order valence-corrected chi connectivity index (χ1v) is 7.25. The Morgan fingerprint density at radius 3 is 2.85 bits per heavy atom. The van der Waals surface area contributed by atoms with Crippen LogP contribution in [0, 0.1) is 6.92 Å². The molecule has 1 aromatic rings. The van der Waals surface area contributed by atoms with Crippen LogP contribution in [0.1, 0.15) is 30.4 Å². The number of nitrogens with one attached hydrogen (secondary N) is 1. The lowest BCUT2D eigenvalue weighted by molar-refractivity contribution is 0.216. The molecule has 1 fully saturated rings. The van der Waals surface area contributed by atoms with Crippen molar-refractivity contribution in [3.05, 3.63) is 29.3 Å². The van der Waals surface area contributed by atoms with E-state index in [1.54, 1.807) is 7.11 Å². The van der Waals surface area contributed by atoms with Gasteiger partial charge in [0, 0.05) is 12.6 Å². The van der Waals surface area contributed by atoms with Crippen molar-refractivity contribution < 1.29 is 4.74 Å². The zero-order chi connectivity index (χ0) is 13.7. The van der Waals surface area contributed by atoms with Gasteiger partial charge in [-0.3, -0.25) is 4.90 Å². The number of aryl methyl sites for hydroxylation is 1. The molecule has 0 aliphatic carbocycles. The molecule has 0 bridgehead atoms. The van der Waals surface area contributed by atoms with Crippen LogP contribution < -0.4 is 10.1 Å². The predicted molar refractivity (Wildman–Crippen MR) is 87.0 cm³/mol. The second-order valence-corrected chi connectivity index (χ2v) is 5.55. The van der Waals surface area contributed by atoms with E-state index >= 15 is 0 Å². The number of methoxy groups -OCH3 is 1. The number of halogens is 1. The summed E-state index contributed by atoms with van der Waals surface area (Å²) >= 11 is 0. The van der Waals surface area contributed by atoms with Crippen molar-refractivity contribution in [1.29, 1.82) is 0 Å². The molecule has 0 radical (unpaired) electrons. The second kappa shape index (κ2) is 8.50. The average molecular weight is 299 g/mol. The Morgan fingerprint density at radius 2 is 2.10 bits per heavy atom. The van der Waals surface area contributed by atoms with Gasteiger partial charge in [-0.05, 0) is 63.5 Å². The van der Waals surface area contributed by atoms with Crippen LogP contribution in [0.3, 0.4) is 0 Å². The summed E-state index contributed by atoms with van der Waals surface area (Å²) in [5, 5.41) is 3.47. The SMILES string of the molecule is COc1cc(CN(C)C2CCCNCC2)ccc1C.Cl. The highest BCUT2D eigenvalue weighted by atomic mass is 35.5. The summed E-state index contributed by atoms with van der Waals surface area (Å²) in [4.78, 5) is 2.48. The standard InChI is InChI=1S/C16H26N2O.ClH/c1-13-6-7-14(11-16(13)19-3)12-18(2)15-5-4-9-17-10-8-15;/h6-7,11,15,17H,4-5,8-10,12H2,1-3H3;1H. The quantitative estimate of drug-likeness (QED) is 0.925. The molecule has 2 rings (SSSR count). The van der Waals surface area contributed by atoms with Gasteiger partial charge in [-0.15, -0.1) is 12.4 Å². The molecule has 114 valence electrons. The number of hydrogen-bond acceptors (Lipinski definition) is 3. The monoisotopic (exact) mass is 298 g/mol. The maximum Gasteiger partial charge on any atom is 0.122 e. The van der Waals surface area contributed by atoms with Crippen LogP contribution in [-0.4, -0.2) is 38.2 Å². The smallest absolute Gasteiger partial charge is 0.122 e. The molecular formula is C16H27ClN2O. The van der Waals surface area contributed by atoms with Gasteiger partial charge in [0.05, 0.1) is 7.11 Å². The minimum atomic E-state index is 0. The molecule has 1 N–H and O–H groups in total. The van der Waals surface area contributed by atoms with E-state index in [1.165, 1.54) is 36.9 Å². The maximum atomic E-state index is 5.40. The van der Waals surface area contributed by atoms with Gasteiger partial charge < -0.3 is 10.1 Å². The molecule has 0 saturated carbocycles. The van der Waals surface area contributed by atoms with Crippen molar-refractivity contribution in [3.8, 4) is 5.75 Å². The summed E-state index contributed by atoms with van der Waals surface area (Å²) in [5.74, 6) is 0.994. The minimum Gasteiger partial charge on any atom is -0.496 e. The Bertz CT molecular complexity index is 403. The summed E-state index contributed by atoms with van der Waals surface area (Å²) < 4.78 is 5.40. The molecule has 3 nitrogen and oxygen atoms in total. The van der Waals surface area contributed by atoms with Crippen LogP contribution in [0.25, 0.3) is 0 Å². The van der Waals surface area contributed by atoms with Crippen LogP contribution in [0.15, 0.2) is 18.2 Å². The fourth-order valence-corrected chi connectivity index (χ4v) is 2.82. The maximum absolute atomic E-state index is 5.40. The van der Waals surface area contributed by atoms with Gasteiger partial charge in [0.1, 0.15) is 5.75 Å². The lowest BCUT2D eigenvalue weighted by Gasteiger charge is -2.27. The van der Waals surface area contributed by atoms with Crippen molar-refractivity contribution in [2.45, 2.75) is 38.8 Å². The molecule has 1 aliphatic rings. The Labute approximate surface area is 129 Å². The molecule has 1 aromatic carbocycles. The molecule has 0 spiro atoms. The molecule has 1 saturated heterocycles.